The second-order valence-electron chi connectivity index (χ2n) is 7.96. The van der Waals surface area contributed by atoms with E-state index in [0.717, 1.165) is 32.1 Å². The number of nitrogens with one attached hydrogen (secondary N) is 1. The van der Waals surface area contributed by atoms with Crippen molar-refractivity contribution in [1.82, 2.24) is 14.9 Å². The third-order valence-corrected chi connectivity index (χ3v) is 6.99. The van der Waals surface area contributed by atoms with E-state index in [-0.39, 0.29) is 23.5 Å². The van der Waals surface area contributed by atoms with E-state index < -0.39 is 9.84 Å². The van der Waals surface area contributed by atoms with Crippen LogP contribution in [-0.2, 0) is 14.6 Å². The lowest BCUT2D eigenvalue weighted by Gasteiger charge is -2.34. The second-order valence-corrected chi connectivity index (χ2v) is 10.2. The number of quaternary nitrogens is 1. The molecule has 2 saturated heterocycles. The highest BCUT2D eigenvalue weighted by atomic mass is 32.2. The van der Waals surface area contributed by atoms with Crippen molar-refractivity contribution < 1.29 is 18.1 Å². The number of rotatable bonds is 6. The SMILES string of the molecule is CC(C)CN(C(=O)C[NH+]1CCN(c2ncccn2)CC1)[C@H]1CCS(=O)(=O)C1. The molecule has 150 valence electrons. The van der Waals surface area contributed by atoms with E-state index in [0.29, 0.717) is 25.4 Å². The van der Waals surface area contributed by atoms with Crippen LogP contribution in [0, 0.1) is 5.92 Å². The van der Waals surface area contributed by atoms with E-state index in [4.69, 9.17) is 0 Å². The molecular formula is C18H30N5O3S+. The maximum atomic E-state index is 13.0. The fraction of sp³-hybridized carbons (Fsp3) is 0.722. The Bertz CT molecular complexity index is 733. The highest BCUT2D eigenvalue weighted by Gasteiger charge is 2.36. The molecule has 1 amide bonds. The number of anilines is 1. The molecule has 2 aliphatic heterocycles. The monoisotopic (exact) mass is 396 g/mol. The van der Waals surface area contributed by atoms with E-state index in [2.05, 4.69) is 28.7 Å². The summed E-state index contributed by atoms with van der Waals surface area (Å²) in [5, 5.41) is 0. The molecule has 1 atom stereocenters. The molecule has 0 bridgehead atoms. The van der Waals surface area contributed by atoms with Gasteiger partial charge in [0.15, 0.2) is 16.4 Å². The van der Waals surface area contributed by atoms with Crippen LogP contribution in [0.3, 0.4) is 0 Å². The van der Waals surface area contributed by atoms with E-state index in [1.807, 2.05) is 4.90 Å². The Morgan fingerprint density at radius 2 is 1.96 bits per heavy atom. The van der Waals surface area contributed by atoms with Gasteiger partial charge in [0.1, 0.15) is 0 Å². The average Bonchev–Trinajstić information content (AvgIpc) is 3.00. The van der Waals surface area contributed by atoms with Gasteiger partial charge in [0.05, 0.1) is 37.7 Å². The molecule has 3 heterocycles. The van der Waals surface area contributed by atoms with Crippen molar-refractivity contribution >= 4 is 21.7 Å². The van der Waals surface area contributed by atoms with Crippen molar-refractivity contribution in [3.63, 3.8) is 0 Å². The molecule has 9 heteroatoms. The van der Waals surface area contributed by atoms with Crippen molar-refractivity contribution in [2.24, 2.45) is 5.92 Å². The summed E-state index contributed by atoms with van der Waals surface area (Å²) in [6, 6.07) is 1.64. The third-order valence-electron chi connectivity index (χ3n) is 5.24. The molecule has 0 spiro atoms. The molecule has 3 rings (SSSR count). The summed E-state index contributed by atoms with van der Waals surface area (Å²) in [7, 11) is -3.00. The van der Waals surface area contributed by atoms with Crippen LogP contribution < -0.4 is 9.80 Å². The predicted molar refractivity (Wildman–Crippen MR) is 103 cm³/mol. The summed E-state index contributed by atoms with van der Waals surface area (Å²) in [4.78, 5) is 26.8. The average molecular weight is 397 g/mol. The number of sulfone groups is 1. The molecule has 1 N–H and O–H groups in total. The zero-order valence-corrected chi connectivity index (χ0v) is 17.0. The molecule has 2 fully saturated rings. The normalized spacial score (nSPS) is 22.9. The van der Waals surface area contributed by atoms with E-state index in [1.54, 1.807) is 18.5 Å². The summed E-state index contributed by atoms with van der Waals surface area (Å²) in [6.07, 6.45) is 4.05. The molecule has 1 aromatic heterocycles. The second kappa shape index (κ2) is 8.52. The van der Waals surface area contributed by atoms with E-state index in [1.165, 1.54) is 4.90 Å². The minimum atomic E-state index is -3.00. The Hall–Kier alpha value is -1.74. The number of hydrogen-bond donors (Lipinski definition) is 1. The zero-order chi connectivity index (χ0) is 19.4. The standard InChI is InChI=1S/C18H29N5O3S/c1-15(2)12-23(16-4-11-27(25,26)14-16)17(24)13-21-7-9-22(10-8-21)18-19-5-3-6-20-18/h3,5-6,15-16H,4,7-14H2,1-2H3/p+1/t16-/m0/s1. The lowest BCUT2D eigenvalue weighted by molar-refractivity contribution is -0.892. The summed E-state index contributed by atoms with van der Waals surface area (Å²) in [5.41, 5.74) is 0. The van der Waals surface area contributed by atoms with Crippen LogP contribution in [0.2, 0.25) is 0 Å². The van der Waals surface area contributed by atoms with Crippen molar-refractivity contribution in [2.45, 2.75) is 26.3 Å². The number of hydrogen-bond acceptors (Lipinski definition) is 6. The first-order valence-electron chi connectivity index (χ1n) is 9.69. The van der Waals surface area contributed by atoms with Gasteiger partial charge in [-0.3, -0.25) is 4.79 Å². The van der Waals surface area contributed by atoms with Crippen LogP contribution in [0.1, 0.15) is 20.3 Å². The van der Waals surface area contributed by atoms with Gasteiger partial charge < -0.3 is 14.7 Å². The van der Waals surface area contributed by atoms with Crippen LogP contribution in [0.25, 0.3) is 0 Å². The first-order chi connectivity index (χ1) is 12.8. The van der Waals surface area contributed by atoms with Crippen LogP contribution in [0.5, 0.6) is 0 Å². The first-order valence-corrected chi connectivity index (χ1v) is 11.5. The van der Waals surface area contributed by atoms with Gasteiger partial charge in [-0.15, -0.1) is 0 Å². The maximum absolute atomic E-state index is 13.0. The topological polar surface area (TPSA) is 87.9 Å². The molecule has 8 nitrogen and oxygen atoms in total. The Balaban J connectivity index is 1.56. The smallest absolute Gasteiger partial charge is 0.278 e. The highest BCUT2D eigenvalue weighted by Crippen LogP contribution is 2.19. The van der Waals surface area contributed by atoms with Crippen LogP contribution in [-0.4, -0.2) is 86.0 Å². The molecule has 1 aromatic rings. The number of carbonyl (C=O) groups is 1. The Morgan fingerprint density at radius 1 is 1.30 bits per heavy atom. The first kappa shape index (κ1) is 20.0. The minimum Gasteiger partial charge on any atom is -0.334 e. The third kappa shape index (κ3) is 5.38. The summed E-state index contributed by atoms with van der Waals surface area (Å²) < 4.78 is 23.7. The number of amides is 1. The van der Waals surface area contributed by atoms with E-state index in [9.17, 15) is 13.2 Å². The van der Waals surface area contributed by atoms with Crippen LogP contribution >= 0.6 is 0 Å². The van der Waals surface area contributed by atoms with Crippen LogP contribution in [0.15, 0.2) is 18.5 Å². The molecule has 0 radical (unpaired) electrons. The van der Waals surface area contributed by atoms with Gasteiger partial charge in [0.2, 0.25) is 5.95 Å². The fourth-order valence-corrected chi connectivity index (χ4v) is 5.57. The van der Waals surface area contributed by atoms with Gasteiger partial charge in [0.25, 0.3) is 5.91 Å². The van der Waals surface area contributed by atoms with Gasteiger partial charge in [-0.25, -0.2) is 18.4 Å². The summed E-state index contributed by atoms with van der Waals surface area (Å²) in [5.74, 6) is 1.44. The maximum Gasteiger partial charge on any atom is 0.278 e. The lowest BCUT2D eigenvalue weighted by Crippen LogP contribution is -3.16. The minimum absolute atomic E-state index is 0.0743. The molecule has 0 aliphatic carbocycles. The van der Waals surface area contributed by atoms with Gasteiger partial charge in [-0.2, -0.15) is 0 Å². The summed E-state index contributed by atoms with van der Waals surface area (Å²) in [6.45, 7) is 8.50. The molecule has 0 aromatic carbocycles. The largest absolute Gasteiger partial charge is 0.334 e. The van der Waals surface area contributed by atoms with Crippen LogP contribution in [0.4, 0.5) is 5.95 Å². The van der Waals surface area contributed by atoms with Gasteiger partial charge >= 0.3 is 0 Å². The molecule has 2 aliphatic rings. The molecule has 27 heavy (non-hydrogen) atoms. The van der Waals surface area contributed by atoms with Gasteiger partial charge in [-0.1, -0.05) is 13.8 Å². The van der Waals surface area contributed by atoms with Gasteiger partial charge in [-0.05, 0) is 18.4 Å². The molecule has 0 saturated carbocycles. The fourth-order valence-electron chi connectivity index (χ4n) is 3.84. The number of carbonyl (C=O) groups excluding carboxylic acids is 1. The quantitative estimate of drug-likeness (QED) is 0.654. The number of piperazine rings is 1. The predicted octanol–water partition coefficient (Wildman–Crippen LogP) is -1.15. The zero-order valence-electron chi connectivity index (χ0n) is 16.2. The van der Waals surface area contributed by atoms with Crippen molar-refractivity contribution in [3.05, 3.63) is 18.5 Å². The van der Waals surface area contributed by atoms with Crippen molar-refractivity contribution in [1.29, 1.82) is 0 Å². The Labute approximate surface area is 161 Å². The van der Waals surface area contributed by atoms with E-state index >= 15 is 0 Å². The number of aromatic nitrogens is 2. The van der Waals surface area contributed by atoms with Crippen molar-refractivity contribution in [3.8, 4) is 0 Å². The molecular weight excluding hydrogens is 366 g/mol. The van der Waals surface area contributed by atoms with Gasteiger partial charge in [0, 0.05) is 25.0 Å². The Morgan fingerprint density at radius 3 is 2.52 bits per heavy atom. The van der Waals surface area contributed by atoms with Crippen molar-refractivity contribution in [2.75, 3.05) is 55.7 Å². The number of nitrogens with zero attached hydrogens (tertiary/aromatic N) is 4. The lowest BCUT2D eigenvalue weighted by atomic mass is 10.1. The summed E-state index contributed by atoms with van der Waals surface area (Å²) >= 11 is 0. The Kier molecular flexibility index (Phi) is 6.31. The molecule has 0 unspecified atom stereocenters. The highest BCUT2D eigenvalue weighted by molar-refractivity contribution is 7.91.